The van der Waals surface area contributed by atoms with Crippen LogP contribution >= 0.6 is 0 Å². The van der Waals surface area contributed by atoms with E-state index >= 15 is 0 Å². The average molecular weight is 549 g/mol. The molecule has 0 atom stereocenters. The number of hydrogen-bond acceptors (Lipinski definition) is 7. The Hall–Kier alpha value is -3.72. The zero-order valence-electron chi connectivity index (χ0n) is 23.5. The number of likely N-dealkylation sites (N-methyl/N-ethyl adjacent to an activating group) is 1. The molecule has 1 saturated heterocycles. The number of nitrogens with one attached hydrogen (secondary N) is 2. The molecule has 2 heterocycles. The van der Waals surface area contributed by atoms with E-state index in [1.54, 1.807) is 0 Å². The van der Waals surface area contributed by atoms with Gasteiger partial charge in [0.2, 0.25) is 5.95 Å². The highest BCUT2D eigenvalue weighted by atomic mass is 19.1. The van der Waals surface area contributed by atoms with Crippen molar-refractivity contribution in [3.05, 3.63) is 82.8 Å². The summed E-state index contributed by atoms with van der Waals surface area (Å²) in [4.78, 5) is 11.0. The van der Waals surface area contributed by atoms with Gasteiger partial charge in [0, 0.05) is 38.4 Å². The highest BCUT2D eigenvalue weighted by molar-refractivity contribution is 5.65. The van der Waals surface area contributed by atoms with Gasteiger partial charge in [0.25, 0.3) is 0 Å². The molecular weight excluding hydrogens is 510 g/mol. The van der Waals surface area contributed by atoms with Crippen molar-refractivity contribution >= 4 is 5.95 Å². The van der Waals surface area contributed by atoms with Gasteiger partial charge < -0.3 is 15.0 Å². The van der Waals surface area contributed by atoms with Crippen LogP contribution in [0.5, 0.6) is 5.75 Å². The Balaban J connectivity index is 1.35. The maximum absolute atomic E-state index is 15.0. The van der Waals surface area contributed by atoms with E-state index in [1.807, 2.05) is 50.6 Å². The third kappa shape index (κ3) is 7.27. The number of anilines is 1. The summed E-state index contributed by atoms with van der Waals surface area (Å²) in [5.41, 5.74) is 12.6. The molecule has 0 bridgehead atoms. The number of allylic oxidation sites excluding steroid dienone is 1. The van der Waals surface area contributed by atoms with Crippen molar-refractivity contribution in [2.24, 2.45) is 11.0 Å². The number of ether oxygens (including phenoxy) is 1. The Bertz CT molecular complexity index is 1280. The summed E-state index contributed by atoms with van der Waals surface area (Å²) >= 11 is 0. The molecule has 1 aromatic heterocycles. The molecule has 3 aromatic rings. The molecule has 7 nitrogen and oxygen atoms in total. The van der Waals surface area contributed by atoms with Crippen LogP contribution in [0, 0.1) is 23.1 Å². The van der Waals surface area contributed by atoms with Crippen molar-refractivity contribution in [2.45, 2.75) is 46.0 Å². The largest absolute Gasteiger partial charge is 0.487 e. The van der Waals surface area contributed by atoms with Crippen LogP contribution < -0.4 is 15.0 Å². The van der Waals surface area contributed by atoms with Crippen LogP contribution in [0.2, 0.25) is 0 Å². The minimum absolute atomic E-state index is 0.202. The van der Waals surface area contributed by atoms with Crippen molar-refractivity contribution < 1.29 is 13.5 Å². The summed E-state index contributed by atoms with van der Waals surface area (Å²) in [6, 6.07) is 10.1. The first-order chi connectivity index (χ1) is 19.4. The van der Waals surface area contributed by atoms with Gasteiger partial charge in [-0.3, -0.25) is 0 Å². The van der Waals surface area contributed by atoms with Gasteiger partial charge in [0.15, 0.2) is 17.4 Å². The Morgan fingerprint density at radius 3 is 2.23 bits per heavy atom. The number of nitrogens with zero attached hydrogens (tertiary/aromatic N) is 4. The van der Waals surface area contributed by atoms with Crippen LogP contribution in [0.1, 0.15) is 44.2 Å². The van der Waals surface area contributed by atoms with Gasteiger partial charge in [-0.2, -0.15) is 5.11 Å². The number of aryl methyl sites for hydroxylation is 1. The maximum Gasteiger partial charge on any atom is 0.225 e. The van der Waals surface area contributed by atoms with Crippen LogP contribution in [-0.4, -0.2) is 43.3 Å². The fourth-order valence-corrected chi connectivity index (χ4v) is 4.96. The first kappa shape index (κ1) is 29.3. The SMILES string of the molecule is CCC(CNC)=C(Cc1ccc(-c2cc(F)c(OCC3CCN(c4ncc(CC)cn4)CC3)c(F)c2)cc1)N=N. The van der Waals surface area contributed by atoms with E-state index in [-0.39, 0.29) is 18.3 Å². The first-order valence-electron chi connectivity index (χ1n) is 14.0. The Kier molecular flexibility index (Phi) is 10.3. The zero-order chi connectivity index (χ0) is 28.5. The van der Waals surface area contributed by atoms with Gasteiger partial charge in [-0.05, 0) is 78.6 Å². The molecule has 9 heteroatoms. The van der Waals surface area contributed by atoms with Crippen molar-refractivity contribution in [1.82, 2.24) is 15.3 Å². The topological polar surface area (TPSA) is 86.5 Å². The van der Waals surface area contributed by atoms with Crippen LogP contribution in [0.4, 0.5) is 14.7 Å². The molecule has 40 heavy (non-hydrogen) atoms. The molecule has 0 saturated carbocycles. The number of rotatable bonds is 12. The average Bonchev–Trinajstić information content (AvgIpc) is 2.99. The van der Waals surface area contributed by atoms with Crippen molar-refractivity contribution in [2.75, 3.05) is 38.2 Å². The number of aromatic nitrogens is 2. The van der Waals surface area contributed by atoms with E-state index in [1.165, 1.54) is 12.1 Å². The molecule has 0 aliphatic carbocycles. The molecule has 1 aliphatic rings. The van der Waals surface area contributed by atoms with Crippen molar-refractivity contribution in [1.29, 1.82) is 5.53 Å². The molecule has 0 spiro atoms. The van der Waals surface area contributed by atoms with E-state index in [2.05, 4.69) is 32.2 Å². The van der Waals surface area contributed by atoms with E-state index in [9.17, 15) is 8.78 Å². The van der Waals surface area contributed by atoms with Crippen molar-refractivity contribution in [3.8, 4) is 16.9 Å². The lowest BCUT2D eigenvalue weighted by Crippen LogP contribution is -2.36. The van der Waals surface area contributed by atoms with Gasteiger partial charge in [0.05, 0.1) is 12.3 Å². The second-order valence-electron chi connectivity index (χ2n) is 10.2. The standard InChI is InChI=1S/C31H38F2N6O/c1-4-21-17-36-31(37-18-21)39-12-10-23(11-13-39)20-40-30-27(32)15-26(16-28(30)33)25-8-6-22(7-9-25)14-29(38-34)24(5-2)19-35-3/h6-9,15-18,23,34-35H,4-5,10-14,19-20H2,1-3H3. The monoisotopic (exact) mass is 548 g/mol. The lowest BCUT2D eigenvalue weighted by molar-refractivity contribution is 0.207. The Morgan fingerprint density at radius 1 is 1.02 bits per heavy atom. The number of hydrogen-bond donors (Lipinski definition) is 2. The summed E-state index contributed by atoms with van der Waals surface area (Å²) in [6.45, 7) is 6.62. The molecule has 4 rings (SSSR count). The molecule has 0 radical (unpaired) electrons. The first-order valence-corrected chi connectivity index (χ1v) is 14.0. The number of piperidine rings is 1. The number of benzene rings is 2. The summed E-state index contributed by atoms with van der Waals surface area (Å²) in [5.74, 6) is -0.824. The molecule has 2 aromatic carbocycles. The van der Waals surface area contributed by atoms with E-state index in [0.717, 1.165) is 67.1 Å². The van der Waals surface area contributed by atoms with Crippen molar-refractivity contribution in [3.63, 3.8) is 0 Å². The van der Waals surface area contributed by atoms with Crippen LogP contribution in [0.3, 0.4) is 0 Å². The molecule has 0 amide bonds. The van der Waals surface area contributed by atoms with Gasteiger partial charge >= 0.3 is 0 Å². The molecule has 0 unspecified atom stereocenters. The predicted octanol–water partition coefficient (Wildman–Crippen LogP) is 6.74. The van der Waals surface area contributed by atoms with Gasteiger partial charge in [-0.25, -0.2) is 24.3 Å². The Morgan fingerprint density at radius 2 is 1.68 bits per heavy atom. The normalized spacial score (nSPS) is 14.7. The highest BCUT2D eigenvalue weighted by Crippen LogP contribution is 2.31. The van der Waals surface area contributed by atoms with Crippen LogP contribution in [-0.2, 0) is 12.8 Å². The summed E-state index contributed by atoms with van der Waals surface area (Å²) in [7, 11) is 1.87. The Labute approximate surface area is 235 Å². The molecule has 1 aliphatic heterocycles. The van der Waals surface area contributed by atoms with Gasteiger partial charge in [-0.1, -0.05) is 38.1 Å². The minimum atomic E-state index is -0.709. The second kappa shape index (κ2) is 14.1. The molecule has 212 valence electrons. The second-order valence-corrected chi connectivity index (χ2v) is 10.2. The fraction of sp³-hybridized carbons (Fsp3) is 0.419. The molecule has 2 N–H and O–H groups in total. The zero-order valence-corrected chi connectivity index (χ0v) is 23.5. The lowest BCUT2D eigenvalue weighted by atomic mass is 9.98. The highest BCUT2D eigenvalue weighted by Gasteiger charge is 2.23. The lowest BCUT2D eigenvalue weighted by Gasteiger charge is -2.31. The van der Waals surface area contributed by atoms with Crippen LogP contribution in [0.15, 0.2) is 65.2 Å². The fourth-order valence-electron chi connectivity index (χ4n) is 4.96. The third-order valence-corrected chi connectivity index (χ3v) is 7.48. The molecule has 1 fully saturated rings. The molecular formula is C31H38F2N6O. The van der Waals surface area contributed by atoms with Gasteiger partial charge in [-0.15, -0.1) is 0 Å². The van der Waals surface area contributed by atoms with E-state index in [0.29, 0.717) is 24.1 Å². The van der Waals surface area contributed by atoms with Crippen LogP contribution in [0.25, 0.3) is 11.1 Å². The number of halogens is 2. The van der Waals surface area contributed by atoms with E-state index in [4.69, 9.17) is 10.3 Å². The summed E-state index contributed by atoms with van der Waals surface area (Å²) < 4.78 is 35.6. The van der Waals surface area contributed by atoms with E-state index < -0.39 is 11.6 Å². The quantitative estimate of drug-likeness (QED) is 0.245. The third-order valence-electron chi connectivity index (χ3n) is 7.48. The summed E-state index contributed by atoms with van der Waals surface area (Å²) in [5, 5.41) is 6.84. The summed E-state index contributed by atoms with van der Waals surface area (Å²) in [6.07, 6.45) is 7.64. The minimum Gasteiger partial charge on any atom is -0.487 e. The predicted molar refractivity (Wildman–Crippen MR) is 154 cm³/mol. The van der Waals surface area contributed by atoms with Gasteiger partial charge in [0.1, 0.15) is 0 Å². The maximum atomic E-state index is 15.0. The smallest absolute Gasteiger partial charge is 0.225 e.